The Morgan fingerprint density at radius 3 is 2.56 bits per heavy atom. The molecule has 32 heavy (non-hydrogen) atoms. The molecule has 1 aliphatic rings. The number of unbranched alkanes of at least 4 members (excludes halogenated alkanes) is 3. The second-order valence-electron chi connectivity index (χ2n) is 8.56. The summed E-state index contributed by atoms with van der Waals surface area (Å²) >= 11 is 0. The van der Waals surface area contributed by atoms with Gasteiger partial charge in [-0.15, -0.1) is 0 Å². The second kappa shape index (κ2) is 11.4. The minimum absolute atomic E-state index is 0.0798. The van der Waals surface area contributed by atoms with Crippen molar-refractivity contribution in [3.63, 3.8) is 0 Å². The van der Waals surface area contributed by atoms with Crippen LogP contribution in [0.1, 0.15) is 71.5 Å². The van der Waals surface area contributed by atoms with Crippen LogP contribution in [0.5, 0.6) is 0 Å². The summed E-state index contributed by atoms with van der Waals surface area (Å²) in [6, 6.07) is 0. The predicted molar refractivity (Wildman–Crippen MR) is 124 cm³/mol. The molecule has 1 N–H and O–H groups in total. The van der Waals surface area contributed by atoms with Gasteiger partial charge in [-0.25, -0.2) is 9.78 Å². The molecule has 0 radical (unpaired) electrons. The zero-order chi connectivity index (χ0) is 23.1. The molecule has 2 aromatic heterocycles. The van der Waals surface area contributed by atoms with Crippen LogP contribution in [0.3, 0.4) is 0 Å². The maximum absolute atomic E-state index is 12.9. The van der Waals surface area contributed by atoms with Gasteiger partial charge in [0.2, 0.25) is 5.91 Å². The van der Waals surface area contributed by atoms with E-state index in [1.807, 2.05) is 9.47 Å². The van der Waals surface area contributed by atoms with E-state index < -0.39 is 11.2 Å². The van der Waals surface area contributed by atoms with E-state index >= 15 is 0 Å². The Kier molecular flexibility index (Phi) is 8.67. The van der Waals surface area contributed by atoms with Crippen LogP contribution < -0.4 is 11.2 Å². The number of hydrogen-bond donors (Lipinski definition) is 1. The molecule has 0 bridgehead atoms. The molecule has 1 aliphatic heterocycles. The molecule has 1 saturated heterocycles. The van der Waals surface area contributed by atoms with Crippen LogP contribution in [0.15, 0.2) is 9.59 Å². The Bertz CT molecular complexity index is 1020. The van der Waals surface area contributed by atoms with Crippen LogP contribution in [0, 0.1) is 0 Å². The number of nitrogens with one attached hydrogen (secondary N) is 1. The third-order valence-corrected chi connectivity index (χ3v) is 6.19. The van der Waals surface area contributed by atoms with Gasteiger partial charge in [-0.1, -0.05) is 40.0 Å². The van der Waals surface area contributed by atoms with Crippen molar-refractivity contribution in [2.75, 3.05) is 19.7 Å². The number of carbonyl (C=O) groups excluding carboxylic acids is 1. The van der Waals surface area contributed by atoms with Gasteiger partial charge in [0.15, 0.2) is 11.2 Å². The van der Waals surface area contributed by atoms with E-state index in [0.29, 0.717) is 62.6 Å². The predicted octanol–water partition coefficient (Wildman–Crippen LogP) is 2.45. The summed E-state index contributed by atoms with van der Waals surface area (Å²) in [4.78, 5) is 47.1. The lowest BCUT2D eigenvalue weighted by molar-refractivity contribution is -0.138. The van der Waals surface area contributed by atoms with Crippen molar-refractivity contribution >= 4 is 17.1 Å². The average Bonchev–Trinajstić information content (AvgIpc) is 3.16. The molecular formula is C23H37N5O4. The number of ether oxygens (including phenoxy) is 1. The molecule has 0 aliphatic carbocycles. The maximum atomic E-state index is 12.9. The molecule has 1 unspecified atom stereocenters. The molecule has 3 rings (SSSR count). The monoisotopic (exact) mass is 447 g/mol. The number of carbonyl (C=O) groups is 1. The summed E-state index contributed by atoms with van der Waals surface area (Å²) in [6.07, 6.45) is 6.52. The van der Waals surface area contributed by atoms with Gasteiger partial charge in [0.25, 0.3) is 5.56 Å². The number of amides is 1. The lowest BCUT2D eigenvalue weighted by atomic mass is 10.2. The zero-order valence-electron chi connectivity index (χ0n) is 19.7. The molecule has 2 aromatic rings. The first kappa shape index (κ1) is 24.2. The number of fused-ring (bicyclic) bond motifs is 1. The Labute approximate surface area is 188 Å². The van der Waals surface area contributed by atoms with Crippen molar-refractivity contribution in [3.05, 3.63) is 26.7 Å². The van der Waals surface area contributed by atoms with Gasteiger partial charge in [0.05, 0.1) is 12.7 Å². The average molecular weight is 448 g/mol. The number of hydrogen-bond acceptors (Lipinski definition) is 5. The molecule has 1 amide bonds. The number of imidazole rings is 1. The van der Waals surface area contributed by atoms with Crippen molar-refractivity contribution in [1.82, 2.24) is 24.0 Å². The lowest BCUT2D eigenvalue weighted by Crippen LogP contribution is -2.45. The molecule has 3 heterocycles. The number of H-pyrrole nitrogens is 1. The third-order valence-electron chi connectivity index (χ3n) is 6.19. The summed E-state index contributed by atoms with van der Waals surface area (Å²) in [7, 11) is 0. The zero-order valence-corrected chi connectivity index (χ0v) is 19.7. The van der Waals surface area contributed by atoms with E-state index in [-0.39, 0.29) is 12.0 Å². The molecule has 0 aromatic carbocycles. The Hall–Kier alpha value is -2.42. The molecule has 178 valence electrons. The largest absolute Gasteiger partial charge is 0.375 e. The van der Waals surface area contributed by atoms with E-state index in [1.54, 1.807) is 4.57 Å². The van der Waals surface area contributed by atoms with E-state index in [1.165, 1.54) is 0 Å². The summed E-state index contributed by atoms with van der Waals surface area (Å²) in [5.74, 6) is 0.780. The summed E-state index contributed by atoms with van der Waals surface area (Å²) in [6.45, 7) is 9.22. The van der Waals surface area contributed by atoms with Crippen LogP contribution >= 0.6 is 0 Å². The lowest BCUT2D eigenvalue weighted by Gasteiger charge is -2.32. The van der Waals surface area contributed by atoms with Crippen molar-refractivity contribution in [2.24, 2.45) is 0 Å². The van der Waals surface area contributed by atoms with Gasteiger partial charge in [0, 0.05) is 39.0 Å². The molecule has 9 nitrogen and oxygen atoms in total. The fourth-order valence-corrected chi connectivity index (χ4v) is 4.26. The van der Waals surface area contributed by atoms with Gasteiger partial charge >= 0.3 is 5.69 Å². The van der Waals surface area contributed by atoms with Gasteiger partial charge in [0.1, 0.15) is 5.82 Å². The number of aromatic amines is 1. The minimum atomic E-state index is -0.421. The fourth-order valence-electron chi connectivity index (χ4n) is 4.26. The number of aromatic nitrogens is 4. The maximum Gasteiger partial charge on any atom is 0.330 e. The van der Waals surface area contributed by atoms with Gasteiger partial charge in [-0.05, 0) is 19.3 Å². The SMILES string of the molecule is CCCCCn1c(CCC(=O)N2CCOC(CC)C2)nc2c1c(=O)[nH]c(=O)n2CCCC. The normalized spacial score (nSPS) is 16.7. The van der Waals surface area contributed by atoms with Crippen LogP contribution in [0.2, 0.25) is 0 Å². The summed E-state index contributed by atoms with van der Waals surface area (Å²) in [5.41, 5.74) is 0.0502. The van der Waals surface area contributed by atoms with E-state index in [2.05, 4.69) is 25.8 Å². The van der Waals surface area contributed by atoms with Crippen molar-refractivity contribution in [2.45, 2.75) is 91.3 Å². The summed E-state index contributed by atoms with van der Waals surface area (Å²) in [5, 5.41) is 0. The van der Waals surface area contributed by atoms with E-state index in [9.17, 15) is 14.4 Å². The summed E-state index contributed by atoms with van der Waals surface area (Å²) < 4.78 is 9.16. The number of rotatable bonds is 11. The van der Waals surface area contributed by atoms with Crippen LogP contribution in [-0.4, -0.2) is 55.7 Å². The Morgan fingerprint density at radius 2 is 1.84 bits per heavy atom. The first-order valence-corrected chi connectivity index (χ1v) is 12.1. The highest BCUT2D eigenvalue weighted by Crippen LogP contribution is 2.17. The first-order valence-electron chi connectivity index (χ1n) is 12.1. The molecule has 9 heteroatoms. The highest BCUT2D eigenvalue weighted by Gasteiger charge is 2.24. The quantitative estimate of drug-likeness (QED) is 0.533. The second-order valence-corrected chi connectivity index (χ2v) is 8.56. The first-order chi connectivity index (χ1) is 15.5. The van der Waals surface area contributed by atoms with Gasteiger partial charge in [-0.2, -0.15) is 0 Å². The molecular weight excluding hydrogens is 410 g/mol. The van der Waals surface area contributed by atoms with Crippen LogP contribution in [0.4, 0.5) is 0 Å². The minimum Gasteiger partial charge on any atom is -0.375 e. The highest BCUT2D eigenvalue weighted by molar-refractivity contribution is 5.77. The van der Waals surface area contributed by atoms with Crippen molar-refractivity contribution < 1.29 is 9.53 Å². The topological polar surface area (TPSA) is 102 Å². The Balaban J connectivity index is 1.89. The highest BCUT2D eigenvalue weighted by atomic mass is 16.5. The number of morpholine rings is 1. The molecule has 1 fully saturated rings. The molecule has 0 saturated carbocycles. The molecule has 0 spiro atoms. The fraction of sp³-hybridized carbons (Fsp3) is 0.739. The van der Waals surface area contributed by atoms with Crippen molar-refractivity contribution in [1.29, 1.82) is 0 Å². The smallest absolute Gasteiger partial charge is 0.330 e. The Morgan fingerprint density at radius 1 is 1.09 bits per heavy atom. The number of aryl methyl sites for hydroxylation is 3. The van der Waals surface area contributed by atoms with Gasteiger partial charge in [-0.3, -0.25) is 19.1 Å². The van der Waals surface area contributed by atoms with Crippen molar-refractivity contribution in [3.8, 4) is 0 Å². The van der Waals surface area contributed by atoms with Crippen LogP contribution in [0.25, 0.3) is 11.2 Å². The number of nitrogens with zero attached hydrogens (tertiary/aromatic N) is 4. The van der Waals surface area contributed by atoms with Gasteiger partial charge < -0.3 is 14.2 Å². The third kappa shape index (κ3) is 5.49. The van der Waals surface area contributed by atoms with E-state index in [0.717, 1.165) is 38.5 Å². The van der Waals surface area contributed by atoms with Crippen LogP contribution in [-0.2, 0) is 29.0 Å². The van der Waals surface area contributed by atoms with E-state index in [4.69, 9.17) is 9.72 Å². The standard InChI is InChI=1S/C23H37N5O4/c1-4-7-9-13-27-18(10-11-19(29)26-14-15-32-17(6-3)16-26)24-21-20(27)22(30)25-23(31)28(21)12-8-5-2/h17H,4-16H2,1-3H3,(H,25,30,31). The molecule has 1 atom stereocenters.